The third-order valence-electron chi connectivity index (χ3n) is 4.39. The Kier molecular flexibility index (Phi) is 7.00. The normalized spacial score (nSPS) is 16.7. The minimum Gasteiger partial charge on any atom is -0.496 e. The highest BCUT2D eigenvalue weighted by molar-refractivity contribution is 5.93. The molecule has 1 heterocycles. The number of ether oxygens (including phenoxy) is 2. The number of allylic oxidation sites excluding steroid dienone is 3. The summed E-state index contributed by atoms with van der Waals surface area (Å²) >= 11 is 0. The Morgan fingerprint density at radius 2 is 2.07 bits per heavy atom. The summed E-state index contributed by atoms with van der Waals surface area (Å²) in [6.45, 7) is 13.7. The van der Waals surface area contributed by atoms with Gasteiger partial charge in [-0.1, -0.05) is 26.3 Å². The second kappa shape index (κ2) is 9.22. The minimum absolute atomic E-state index is 0.297. The Bertz CT molecular complexity index is 821. The largest absolute Gasteiger partial charge is 0.496 e. The van der Waals surface area contributed by atoms with Gasteiger partial charge in [-0.15, -0.1) is 0 Å². The number of methoxy groups -OCH3 is 1. The average molecular weight is 372 g/mol. The molecule has 6 heteroatoms. The van der Waals surface area contributed by atoms with Crippen LogP contribution in [0.5, 0.6) is 5.75 Å². The van der Waals surface area contributed by atoms with E-state index >= 15 is 0 Å². The van der Waals surface area contributed by atoms with Gasteiger partial charge in [-0.3, -0.25) is 0 Å². The van der Waals surface area contributed by atoms with E-state index in [2.05, 4.69) is 10.2 Å². The molecule has 0 aliphatic carbocycles. The summed E-state index contributed by atoms with van der Waals surface area (Å²) in [6, 6.07) is 4.15. The number of hydrogen-bond donors (Lipinski definition) is 1. The van der Waals surface area contributed by atoms with Gasteiger partial charge >= 0.3 is 5.97 Å². The summed E-state index contributed by atoms with van der Waals surface area (Å²) in [5.74, 6) is -1.27. The van der Waals surface area contributed by atoms with Crippen LogP contribution >= 0.6 is 0 Å². The molecule has 0 spiro atoms. The number of halogens is 1. The predicted molar refractivity (Wildman–Crippen MR) is 101 cm³/mol. The van der Waals surface area contributed by atoms with Crippen LogP contribution in [0.2, 0.25) is 0 Å². The predicted octanol–water partition coefficient (Wildman–Crippen LogP) is 4.68. The summed E-state index contributed by atoms with van der Waals surface area (Å²) in [5.41, 5.74) is 2.76. The highest BCUT2D eigenvalue weighted by Crippen LogP contribution is 2.43. The van der Waals surface area contributed by atoms with Gasteiger partial charge in [0.1, 0.15) is 11.6 Å². The van der Waals surface area contributed by atoms with E-state index < -0.39 is 17.7 Å². The van der Waals surface area contributed by atoms with Gasteiger partial charge in [-0.05, 0) is 31.4 Å². The molecule has 1 aliphatic heterocycles. The lowest BCUT2D eigenvalue weighted by molar-refractivity contribution is -0.139. The number of dihydropyridines is 1. The molecule has 1 aromatic rings. The summed E-state index contributed by atoms with van der Waals surface area (Å²) in [7, 11) is 1.44. The summed E-state index contributed by atoms with van der Waals surface area (Å²) in [5, 5.41) is 3.20. The molecule has 0 fully saturated rings. The van der Waals surface area contributed by atoms with Crippen LogP contribution in [-0.4, -0.2) is 19.7 Å². The average Bonchev–Trinajstić information content (AvgIpc) is 2.65. The van der Waals surface area contributed by atoms with Crippen molar-refractivity contribution in [3.05, 3.63) is 63.7 Å². The summed E-state index contributed by atoms with van der Waals surface area (Å²) < 4.78 is 24.5. The van der Waals surface area contributed by atoms with Crippen molar-refractivity contribution in [3.63, 3.8) is 0 Å². The third-order valence-corrected chi connectivity index (χ3v) is 4.39. The number of hydrogen-bond acceptors (Lipinski definition) is 4. The van der Waals surface area contributed by atoms with Gasteiger partial charge in [0.2, 0.25) is 0 Å². The smallest absolute Gasteiger partial charge is 0.335 e. The van der Waals surface area contributed by atoms with Crippen LogP contribution in [0, 0.1) is 12.4 Å². The van der Waals surface area contributed by atoms with E-state index in [4.69, 9.17) is 16.0 Å². The zero-order chi connectivity index (χ0) is 20.0. The molecule has 0 saturated carbocycles. The van der Waals surface area contributed by atoms with Gasteiger partial charge in [0.15, 0.2) is 5.70 Å². The van der Waals surface area contributed by atoms with Crippen molar-refractivity contribution in [2.24, 2.45) is 0 Å². The molecule has 27 heavy (non-hydrogen) atoms. The Balaban J connectivity index is 2.70. The number of nitrogens with zero attached hydrogens (tertiary/aromatic N) is 1. The summed E-state index contributed by atoms with van der Waals surface area (Å²) in [4.78, 5) is 16.6. The fraction of sp³-hybridized carbons (Fsp3) is 0.429. The van der Waals surface area contributed by atoms with Gasteiger partial charge in [0.25, 0.3) is 0 Å². The van der Waals surface area contributed by atoms with E-state index in [1.165, 1.54) is 19.2 Å². The second-order valence-electron chi connectivity index (χ2n) is 6.34. The molecular weight excluding hydrogens is 347 g/mol. The van der Waals surface area contributed by atoms with Crippen molar-refractivity contribution in [1.82, 2.24) is 5.32 Å². The van der Waals surface area contributed by atoms with E-state index in [0.717, 1.165) is 12.1 Å². The lowest BCUT2D eigenvalue weighted by Crippen LogP contribution is -2.29. The second-order valence-corrected chi connectivity index (χ2v) is 6.34. The number of rotatable bonds is 7. The molecule has 0 bridgehead atoms. The molecule has 1 unspecified atom stereocenters. The van der Waals surface area contributed by atoms with E-state index in [9.17, 15) is 9.18 Å². The van der Waals surface area contributed by atoms with Gasteiger partial charge in [0, 0.05) is 17.5 Å². The number of esters is 1. The number of carbonyl (C=O) groups is 1. The molecule has 1 N–H and O–H groups in total. The van der Waals surface area contributed by atoms with E-state index in [1.54, 1.807) is 13.0 Å². The van der Waals surface area contributed by atoms with Crippen LogP contribution in [0.4, 0.5) is 4.39 Å². The molecule has 0 saturated heterocycles. The maximum atomic E-state index is 13.7. The minimum atomic E-state index is -0.662. The van der Waals surface area contributed by atoms with Crippen molar-refractivity contribution < 1.29 is 18.7 Å². The van der Waals surface area contributed by atoms with Crippen LogP contribution in [0.3, 0.4) is 0 Å². The number of carbonyl (C=O) groups excluding carboxylic acids is 1. The lowest BCUT2D eigenvalue weighted by atomic mass is 9.82. The van der Waals surface area contributed by atoms with Crippen LogP contribution in [-0.2, 0) is 9.53 Å². The SMILES string of the molecule is [C-]#[N+]C1=C(C)NC(CCC)=C(C(=O)OCCC)C1c1ccc(F)cc1OC. The van der Waals surface area contributed by atoms with Crippen molar-refractivity contribution in [2.75, 3.05) is 13.7 Å². The third kappa shape index (κ3) is 4.30. The maximum Gasteiger partial charge on any atom is 0.335 e. The fourth-order valence-electron chi connectivity index (χ4n) is 3.22. The van der Waals surface area contributed by atoms with E-state index in [1.807, 2.05) is 13.8 Å². The zero-order valence-electron chi connectivity index (χ0n) is 16.2. The molecule has 1 aromatic carbocycles. The fourth-order valence-corrected chi connectivity index (χ4v) is 3.22. The standard InChI is InChI=1S/C21H25FN2O3/c1-6-8-16-19(21(25)27-11-7-2)18(20(23-4)13(3)24-16)15-10-9-14(22)12-17(15)26-5/h9-10,12,18,24H,6-8,11H2,1-3,5H3. The first-order valence-corrected chi connectivity index (χ1v) is 9.07. The monoisotopic (exact) mass is 372 g/mol. The quantitative estimate of drug-likeness (QED) is 0.558. The lowest BCUT2D eigenvalue weighted by Gasteiger charge is -2.30. The Morgan fingerprint density at radius 3 is 2.67 bits per heavy atom. The van der Waals surface area contributed by atoms with E-state index in [-0.39, 0.29) is 0 Å². The molecule has 144 valence electrons. The Hall–Kier alpha value is -2.81. The number of benzene rings is 1. The maximum absolute atomic E-state index is 13.7. The first kappa shape index (κ1) is 20.5. The van der Waals surface area contributed by atoms with Crippen LogP contribution in [0.25, 0.3) is 4.85 Å². The van der Waals surface area contributed by atoms with Crippen LogP contribution in [0.15, 0.2) is 40.9 Å². The molecular formula is C21H25FN2O3. The van der Waals surface area contributed by atoms with Crippen LogP contribution < -0.4 is 10.1 Å². The van der Waals surface area contributed by atoms with Crippen molar-refractivity contribution in [1.29, 1.82) is 0 Å². The van der Waals surface area contributed by atoms with Gasteiger partial charge < -0.3 is 14.8 Å². The highest BCUT2D eigenvalue weighted by atomic mass is 19.1. The van der Waals surface area contributed by atoms with Gasteiger partial charge in [0.05, 0.1) is 31.8 Å². The van der Waals surface area contributed by atoms with Crippen LogP contribution in [0.1, 0.15) is 51.5 Å². The molecule has 1 aliphatic rings. The van der Waals surface area contributed by atoms with E-state index in [0.29, 0.717) is 47.7 Å². The first-order valence-electron chi connectivity index (χ1n) is 9.07. The van der Waals surface area contributed by atoms with Crippen molar-refractivity contribution in [3.8, 4) is 5.75 Å². The molecule has 1 atom stereocenters. The molecule has 0 radical (unpaired) electrons. The molecule has 2 rings (SSSR count). The zero-order valence-corrected chi connectivity index (χ0v) is 16.2. The highest BCUT2D eigenvalue weighted by Gasteiger charge is 2.37. The molecule has 5 nitrogen and oxygen atoms in total. The van der Waals surface area contributed by atoms with Gasteiger partial charge in [-0.25, -0.2) is 14.0 Å². The van der Waals surface area contributed by atoms with Crippen molar-refractivity contribution in [2.45, 2.75) is 46.0 Å². The van der Waals surface area contributed by atoms with Crippen molar-refractivity contribution >= 4 is 5.97 Å². The molecule has 0 aromatic heterocycles. The Morgan fingerprint density at radius 1 is 1.33 bits per heavy atom. The summed E-state index contributed by atoms with van der Waals surface area (Å²) in [6.07, 6.45) is 2.16. The molecule has 0 amide bonds. The number of nitrogens with one attached hydrogen (secondary N) is 1. The Labute approximate surface area is 159 Å². The topological polar surface area (TPSA) is 51.9 Å². The first-order chi connectivity index (χ1) is 13.0. The van der Waals surface area contributed by atoms with Gasteiger partial charge in [-0.2, -0.15) is 0 Å².